The van der Waals surface area contributed by atoms with Crippen LogP contribution in [0.5, 0.6) is 0 Å². The Morgan fingerprint density at radius 1 is 1.03 bits per heavy atom. The SMILES string of the molecule is CN1CCN(CC(=O)N2C3=C(CN(C4CCCCC4)C3=O)C(=O)Nc3ccccc32)CC1. The number of fused-ring (bicyclic) bond motifs is 1. The van der Waals surface area contributed by atoms with Gasteiger partial charge in [-0.2, -0.15) is 0 Å². The van der Waals surface area contributed by atoms with Crippen LogP contribution in [-0.2, 0) is 14.4 Å². The van der Waals surface area contributed by atoms with Crippen LogP contribution < -0.4 is 10.2 Å². The lowest BCUT2D eigenvalue weighted by Gasteiger charge is -2.34. The summed E-state index contributed by atoms with van der Waals surface area (Å²) >= 11 is 0. The number of nitrogens with zero attached hydrogens (tertiary/aromatic N) is 4. The molecule has 1 saturated heterocycles. The summed E-state index contributed by atoms with van der Waals surface area (Å²) in [7, 11) is 2.08. The van der Waals surface area contributed by atoms with Crippen molar-refractivity contribution in [2.75, 3.05) is 56.5 Å². The molecule has 32 heavy (non-hydrogen) atoms. The lowest BCUT2D eigenvalue weighted by molar-refractivity contribution is -0.129. The van der Waals surface area contributed by atoms with E-state index in [0.717, 1.165) is 51.9 Å². The second-order valence-corrected chi connectivity index (χ2v) is 9.33. The van der Waals surface area contributed by atoms with Crippen LogP contribution in [0.4, 0.5) is 11.4 Å². The van der Waals surface area contributed by atoms with E-state index in [1.165, 1.54) is 11.3 Å². The van der Waals surface area contributed by atoms with Crippen LogP contribution >= 0.6 is 0 Å². The predicted molar refractivity (Wildman–Crippen MR) is 122 cm³/mol. The van der Waals surface area contributed by atoms with Crippen molar-refractivity contribution in [3.05, 3.63) is 35.5 Å². The number of carbonyl (C=O) groups is 3. The molecule has 4 aliphatic rings. The van der Waals surface area contributed by atoms with Crippen LogP contribution in [0.3, 0.4) is 0 Å². The second kappa shape index (κ2) is 8.67. The maximum absolute atomic E-state index is 13.7. The van der Waals surface area contributed by atoms with Gasteiger partial charge in [0, 0.05) is 32.2 Å². The number of hydrogen-bond acceptors (Lipinski definition) is 5. The minimum absolute atomic E-state index is 0.140. The Kier molecular flexibility index (Phi) is 5.73. The van der Waals surface area contributed by atoms with E-state index in [2.05, 4.69) is 22.2 Å². The van der Waals surface area contributed by atoms with Gasteiger partial charge in [0.25, 0.3) is 11.8 Å². The van der Waals surface area contributed by atoms with Gasteiger partial charge < -0.3 is 15.1 Å². The van der Waals surface area contributed by atoms with Gasteiger partial charge in [-0.05, 0) is 32.0 Å². The highest BCUT2D eigenvalue weighted by Crippen LogP contribution is 2.38. The number of benzene rings is 1. The smallest absolute Gasteiger partial charge is 0.272 e. The monoisotopic (exact) mass is 437 g/mol. The third-order valence-corrected chi connectivity index (χ3v) is 7.19. The molecule has 170 valence electrons. The minimum atomic E-state index is -0.283. The van der Waals surface area contributed by atoms with Crippen LogP contribution in [0.25, 0.3) is 0 Å². The molecule has 2 fully saturated rings. The summed E-state index contributed by atoms with van der Waals surface area (Å²) in [5.74, 6) is -0.635. The fourth-order valence-electron chi connectivity index (χ4n) is 5.30. The number of likely N-dealkylation sites (N-methyl/N-ethyl adjacent to an activating group) is 1. The highest BCUT2D eigenvalue weighted by molar-refractivity contribution is 6.22. The highest BCUT2D eigenvalue weighted by atomic mass is 16.2. The minimum Gasteiger partial charge on any atom is -0.330 e. The molecule has 3 heterocycles. The molecule has 0 radical (unpaired) electrons. The molecule has 8 nitrogen and oxygen atoms in total. The zero-order chi connectivity index (χ0) is 22.2. The topological polar surface area (TPSA) is 76.2 Å². The molecule has 0 aromatic heterocycles. The Bertz CT molecular complexity index is 960. The summed E-state index contributed by atoms with van der Waals surface area (Å²) < 4.78 is 0. The molecule has 0 unspecified atom stereocenters. The molecule has 0 atom stereocenters. The number of para-hydroxylation sites is 2. The Hall–Kier alpha value is -2.71. The van der Waals surface area contributed by atoms with Crippen molar-refractivity contribution < 1.29 is 14.4 Å². The summed E-state index contributed by atoms with van der Waals surface area (Å²) in [5.41, 5.74) is 1.79. The second-order valence-electron chi connectivity index (χ2n) is 9.33. The van der Waals surface area contributed by atoms with E-state index in [-0.39, 0.29) is 42.5 Å². The molecule has 0 bridgehead atoms. The zero-order valence-electron chi connectivity index (χ0n) is 18.7. The van der Waals surface area contributed by atoms with E-state index in [1.807, 2.05) is 23.1 Å². The largest absolute Gasteiger partial charge is 0.330 e. The van der Waals surface area contributed by atoms with Crippen LogP contribution in [0, 0.1) is 0 Å². The number of carbonyl (C=O) groups excluding carboxylic acids is 3. The average molecular weight is 438 g/mol. The summed E-state index contributed by atoms with van der Waals surface area (Å²) in [6, 6.07) is 7.40. The van der Waals surface area contributed by atoms with E-state index >= 15 is 0 Å². The fourth-order valence-corrected chi connectivity index (χ4v) is 5.30. The maximum atomic E-state index is 13.7. The van der Waals surface area contributed by atoms with E-state index in [0.29, 0.717) is 16.9 Å². The standard InChI is InChI=1S/C24H31N5O3/c1-26-11-13-27(14-12-26)16-21(30)29-20-10-6-5-9-19(20)25-23(31)18-15-28(24(32)22(18)29)17-7-3-2-4-8-17/h5-6,9-10,17H,2-4,7-8,11-16H2,1H3,(H,25,31). The Labute approximate surface area is 188 Å². The third-order valence-electron chi connectivity index (χ3n) is 7.19. The van der Waals surface area contributed by atoms with Gasteiger partial charge in [-0.1, -0.05) is 31.4 Å². The van der Waals surface area contributed by atoms with Crippen LogP contribution in [-0.4, -0.2) is 84.8 Å². The summed E-state index contributed by atoms with van der Waals surface area (Å²) in [5, 5.41) is 2.94. The lowest BCUT2D eigenvalue weighted by atomic mass is 9.94. The molecule has 3 amide bonds. The van der Waals surface area contributed by atoms with Crippen molar-refractivity contribution in [2.24, 2.45) is 0 Å². The molecule has 1 aromatic carbocycles. The Morgan fingerprint density at radius 2 is 1.75 bits per heavy atom. The number of rotatable bonds is 3. The van der Waals surface area contributed by atoms with Gasteiger partial charge in [0.1, 0.15) is 5.70 Å². The van der Waals surface area contributed by atoms with Gasteiger partial charge >= 0.3 is 0 Å². The third kappa shape index (κ3) is 3.82. The number of amides is 3. The van der Waals surface area contributed by atoms with E-state index in [9.17, 15) is 14.4 Å². The van der Waals surface area contributed by atoms with Crippen molar-refractivity contribution in [1.82, 2.24) is 14.7 Å². The normalized spacial score (nSPS) is 23.2. The molecule has 1 aliphatic carbocycles. The van der Waals surface area contributed by atoms with E-state index in [4.69, 9.17) is 0 Å². The molecular weight excluding hydrogens is 406 g/mol. The average Bonchev–Trinajstić information content (AvgIpc) is 3.08. The molecule has 8 heteroatoms. The van der Waals surface area contributed by atoms with Crippen molar-refractivity contribution >= 4 is 29.1 Å². The van der Waals surface area contributed by atoms with E-state index < -0.39 is 0 Å². The van der Waals surface area contributed by atoms with Crippen molar-refractivity contribution in [3.8, 4) is 0 Å². The molecule has 1 N–H and O–H groups in total. The first kappa shape index (κ1) is 21.2. The van der Waals surface area contributed by atoms with Gasteiger partial charge in [0.05, 0.1) is 30.0 Å². The van der Waals surface area contributed by atoms with E-state index in [1.54, 1.807) is 6.07 Å². The van der Waals surface area contributed by atoms with Gasteiger partial charge in [0.2, 0.25) is 5.91 Å². The number of anilines is 2. The first-order valence-corrected chi connectivity index (χ1v) is 11.7. The molecule has 0 spiro atoms. The van der Waals surface area contributed by atoms with Crippen molar-refractivity contribution in [3.63, 3.8) is 0 Å². The summed E-state index contributed by atoms with van der Waals surface area (Å²) in [4.78, 5) is 48.2. The quantitative estimate of drug-likeness (QED) is 0.778. The predicted octanol–water partition coefficient (Wildman–Crippen LogP) is 1.65. The summed E-state index contributed by atoms with van der Waals surface area (Å²) in [6.07, 6.45) is 5.30. The molecule has 5 rings (SSSR count). The number of hydrogen-bond donors (Lipinski definition) is 1. The van der Waals surface area contributed by atoms with Crippen LogP contribution in [0.15, 0.2) is 35.5 Å². The number of piperazine rings is 1. The first-order chi connectivity index (χ1) is 15.5. The van der Waals surface area contributed by atoms with Crippen molar-refractivity contribution in [2.45, 2.75) is 38.1 Å². The van der Waals surface area contributed by atoms with Gasteiger partial charge in [0.15, 0.2) is 0 Å². The summed E-state index contributed by atoms with van der Waals surface area (Å²) in [6.45, 7) is 3.94. The maximum Gasteiger partial charge on any atom is 0.272 e. The number of nitrogens with one attached hydrogen (secondary N) is 1. The van der Waals surface area contributed by atoms with Crippen molar-refractivity contribution in [1.29, 1.82) is 0 Å². The fraction of sp³-hybridized carbons (Fsp3) is 0.542. The molecule has 3 aliphatic heterocycles. The first-order valence-electron chi connectivity index (χ1n) is 11.7. The highest BCUT2D eigenvalue weighted by Gasteiger charge is 2.44. The molecular formula is C24H31N5O3. The van der Waals surface area contributed by atoms with Gasteiger partial charge in [-0.25, -0.2) is 0 Å². The van der Waals surface area contributed by atoms with Crippen LogP contribution in [0.1, 0.15) is 32.1 Å². The van der Waals surface area contributed by atoms with Gasteiger partial charge in [-0.15, -0.1) is 0 Å². The Morgan fingerprint density at radius 3 is 2.50 bits per heavy atom. The molecule has 1 saturated carbocycles. The lowest BCUT2D eigenvalue weighted by Crippen LogP contribution is -2.49. The molecule has 1 aromatic rings. The Balaban J connectivity index is 1.48. The van der Waals surface area contributed by atoms with Crippen LogP contribution in [0.2, 0.25) is 0 Å². The van der Waals surface area contributed by atoms with Gasteiger partial charge in [-0.3, -0.25) is 24.2 Å². The zero-order valence-corrected chi connectivity index (χ0v) is 18.7.